The van der Waals surface area contributed by atoms with Crippen molar-refractivity contribution in [2.75, 3.05) is 13.2 Å². The van der Waals surface area contributed by atoms with Gasteiger partial charge in [0.1, 0.15) is 5.76 Å². The lowest BCUT2D eigenvalue weighted by Gasteiger charge is -2.13. The fourth-order valence-electron chi connectivity index (χ4n) is 1.64. The summed E-state index contributed by atoms with van der Waals surface area (Å²) in [5.74, 6) is 0.741. The minimum absolute atomic E-state index is 0.388. The Morgan fingerprint density at radius 1 is 1.31 bits per heavy atom. The van der Waals surface area contributed by atoms with Crippen molar-refractivity contribution in [3.8, 4) is 0 Å². The smallest absolute Gasteiger partial charge is 0.119 e. The second-order valence-electron chi connectivity index (χ2n) is 3.76. The molecule has 0 fully saturated rings. The van der Waals surface area contributed by atoms with Crippen LogP contribution >= 0.6 is 0 Å². The SMILES string of the molecule is C=C(OCC)c1ccc(C(C)NCC)cc1. The Balaban J connectivity index is 2.71. The molecular formula is C14H21NO. The molecule has 1 rings (SSSR count). The summed E-state index contributed by atoms with van der Waals surface area (Å²) < 4.78 is 5.37. The maximum Gasteiger partial charge on any atom is 0.119 e. The van der Waals surface area contributed by atoms with E-state index in [1.165, 1.54) is 5.56 Å². The quantitative estimate of drug-likeness (QED) is 0.741. The predicted octanol–water partition coefficient (Wildman–Crippen LogP) is 3.36. The van der Waals surface area contributed by atoms with Gasteiger partial charge in [0.15, 0.2) is 0 Å². The molecule has 0 aliphatic rings. The van der Waals surface area contributed by atoms with Crippen molar-refractivity contribution < 1.29 is 4.74 Å². The number of hydrogen-bond donors (Lipinski definition) is 1. The number of benzene rings is 1. The van der Waals surface area contributed by atoms with E-state index in [2.05, 4.69) is 50.0 Å². The van der Waals surface area contributed by atoms with Gasteiger partial charge in [-0.2, -0.15) is 0 Å². The van der Waals surface area contributed by atoms with Crippen LogP contribution in [0.25, 0.3) is 5.76 Å². The molecule has 2 nitrogen and oxygen atoms in total. The van der Waals surface area contributed by atoms with Gasteiger partial charge in [-0.15, -0.1) is 0 Å². The van der Waals surface area contributed by atoms with Gasteiger partial charge >= 0.3 is 0 Å². The van der Waals surface area contributed by atoms with Gasteiger partial charge in [-0.05, 0) is 26.0 Å². The van der Waals surface area contributed by atoms with Crippen LogP contribution in [0.5, 0.6) is 0 Å². The van der Waals surface area contributed by atoms with E-state index in [-0.39, 0.29) is 0 Å². The standard InChI is InChI=1S/C14H21NO/c1-5-15-11(3)13-7-9-14(10-8-13)12(4)16-6-2/h7-11,15H,4-6H2,1-3H3. The number of nitrogens with one attached hydrogen (secondary N) is 1. The zero-order valence-corrected chi connectivity index (χ0v) is 10.4. The van der Waals surface area contributed by atoms with E-state index in [9.17, 15) is 0 Å². The molecule has 88 valence electrons. The van der Waals surface area contributed by atoms with Gasteiger partial charge in [0.25, 0.3) is 0 Å². The van der Waals surface area contributed by atoms with E-state index in [4.69, 9.17) is 4.74 Å². The highest BCUT2D eigenvalue weighted by Gasteiger charge is 2.04. The Hall–Kier alpha value is -1.28. The van der Waals surface area contributed by atoms with Gasteiger partial charge in [0.2, 0.25) is 0 Å². The fraction of sp³-hybridized carbons (Fsp3) is 0.429. The molecule has 1 N–H and O–H groups in total. The maximum absolute atomic E-state index is 5.37. The molecule has 0 aliphatic heterocycles. The molecule has 1 unspecified atom stereocenters. The number of ether oxygens (including phenoxy) is 1. The predicted molar refractivity (Wildman–Crippen MR) is 69.2 cm³/mol. The average molecular weight is 219 g/mol. The number of rotatable bonds is 6. The zero-order valence-electron chi connectivity index (χ0n) is 10.4. The zero-order chi connectivity index (χ0) is 12.0. The molecule has 0 amide bonds. The molecule has 2 heteroatoms. The van der Waals surface area contributed by atoms with Crippen molar-refractivity contribution in [1.29, 1.82) is 0 Å². The molecule has 1 aromatic rings. The first-order valence-corrected chi connectivity index (χ1v) is 5.84. The Bertz CT molecular complexity index is 329. The monoisotopic (exact) mass is 219 g/mol. The van der Waals surface area contributed by atoms with Gasteiger partial charge in [-0.3, -0.25) is 0 Å². The Morgan fingerprint density at radius 2 is 1.94 bits per heavy atom. The summed E-state index contributed by atoms with van der Waals surface area (Å²) in [5, 5.41) is 3.38. The molecule has 0 saturated heterocycles. The second kappa shape index (κ2) is 6.33. The molecule has 0 heterocycles. The normalized spacial score (nSPS) is 12.2. The van der Waals surface area contributed by atoms with E-state index < -0.39 is 0 Å². The third kappa shape index (κ3) is 3.38. The lowest BCUT2D eigenvalue weighted by molar-refractivity contribution is 0.299. The fourth-order valence-corrected chi connectivity index (χ4v) is 1.64. The lowest BCUT2D eigenvalue weighted by atomic mass is 10.1. The molecule has 0 saturated carbocycles. The summed E-state index contributed by atoms with van der Waals surface area (Å²) in [6.45, 7) is 11.8. The molecule has 0 radical (unpaired) electrons. The van der Waals surface area contributed by atoms with Crippen LogP contribution in [-0.2, 0) is 4.74 Å². The van der Waals surface area contributed by atoms with Crippen LogP contribution < -0.4 is 5.32 Å². The van der Waals surface area contributed by atoms with Crippen LogP contribution in [0.15, 0.2) is 30.8 Å². The van der Waals surface area contributed by atoms with Crippen LogP contribution in [0.1, 0.15) is 37.9 Å². The van der Waals surface area contributed by atoms with Gasteiger partial charge in [-0.25, -0.2) is 0 Å². The van der Waals surface area contributed by atoms with Crippen molar-refractivity contribution in [2.45, 2.75) is 26.8 Å². The van der Waals surface area contributed by atoms with E-state index >= 15 is 0 Å². The highest BCUT2D eigenvalue weighted by atomic mass is 16.5. The summed E-state index contributed by atoms with van der Waals surface area (Å²) in [5.41, 5.74) is 2.34. The summed E-state index contributed by atoms with van der Waals surface area (Å²) in [4.78, 5) is 0. The molecule has 1 aromatic carbocycles. The summed E-state index contributed by atoms with van der Waals surface area (Å²) in [6.07, 6.45) is 0. The van der Waals surface area contributed by atoms with Crippen molar-refractivity contribution in [2.24, 2.45) is 0 Å². The largest absolute Gasteiger partial charge is 0.494 e. The molecule has 0 bridgehead atoms. The maximum atomic E-state index is 5.37. The lowest BCUT2D eigenvalue weighted by Crippen LogP contribution is -2.17. The first kappa shape index (κ1) is 12.8. The summed E-state index contributed by atoms with van der Waals surface area (Å²) in [6, 6.07) is 8.74. The van der Waals surface area contributed by atoms with Crippen LogP contribution in [0.3, 0.4) is 0 Å². The van der Waals surface area contributed by atoms with Crippen LogP contribution in [-0.4, -0.2) is 13.2 Å². The van der Waals surface area contributed by atoms with Gasteiger partial charge in [0, 0.05) is 11.6 Å². The second-order valence-corrected chi connectivity index (χ2v) is 3.76. The van der Waals surface area contributed by atoms with Crippen molar-refractivity contribution in [3.63, 3.8) is 0 Å². The van der Waals surface area contributed by atoms with Crippen molar-refractivity contribution in [3.05, 3.63) is 42.0 Å². The first-order chi connectivity index (χ1) is 7.69. The molecule has 1 atom stereocenters. The van der Waals surface area contributed by atoms with Crippen molar-refractivity contribution >= 4 is 5.76 Å². The van der Waals surface area contributed by atoms with Gasteiger partial charge < -0.3 is 10.1 Å². The molecule has 0 aliphatic carbocycles. The Morgan fingerprint density at radius 3 is 2.44 bits per heavy atom. The molecule has 0 aromatic heterocycles. The minimum atomic E-state index is 0.388. The highest BCUT2D eigenvalue weighted by Crippen LogP contribution is 2.18. The van der Waals surface area contributed by atoms with Gasteiger partial charge in [0.05, 0.1) is 6.61 Å². The Kier molecular flexibility index (Phi) is 5.06. The van der Waals surface area contributed by atoms with E-state index in [0.29, 0.717) is 12.6 Å². The van der Waals surface area contributed by atoms with Gasteiger partial charge in [-0.1, -0.05) is 37.8 Å². The third-order valence-corrected chi connectivity index (χ3v) is 2.56. The third-order valence-electron chi connectivity index (χ3n) is 2.56. The summed E-state index contributed by atoms with van der Waals surface area (Å²) >= 11 is 0. The van der Waals surface area contributed by atoms with Crippen LogP contribution in [0, 0.1) is 0 Å². The van der Waals surface area contributed by atoms with Crippen molar-refractivity contribution in [1.82, 2.24) is 5.32 Å². The minimum Gasteiger partial charge on any atom is -0.494 e. The highest BCUT2D eigenvalue weighted by molar-refractivity contribution is 5.57. The van der Waals surface area contributed by atoms with Crippen LogP contribution in [0.4, 0.5) is 0 Å². The number of hydrogen-bond acceptors (Lipinski definition) is 2. The molecular weight excluding hydrogens is 198 g/mol. The first-order valence-electron chi connectivity index (χ1n) is 5.84. The van der Waals surface area contributed by atoms with E-state index in [1.807, 2.05) is 6.92 Å². The van der Waals surface area contributed by atoms with Crippen LogP contribution in [0.2, 0.25) is 0 Å². The molecule has 0 spiro atoms. The van der Waals surface area contributed by atoms with E-state index in [1.54, 1.807) is 0 Å². The van der Waals surface area contributed by atoms with E-state index in [0.717, 1.165) is 17.9 Å². The average Bonchev–Trinajstić information content (AvgIpc) is 2.30. The topological polar surface area (TPSA) is 21.3 Å². The summed E-state index contributed by atoms with van der Waals surface area (Å²) in [7, 11) is 0. The molecule has 16 heavy (non-hydrogen) atoms. The Labute approximate surface area is 98.3 Å².